The van der Waals surface area contributed by atoms with E-state index in [-0.39, 0.29) is 11.8 Å². The molecule has 1 atom stereocenters. The number of benzene rings is 2. The first-order chi connectivity index (χ1) is 15.5. The molecule has 0 fully saturated rings. The second kappa shape index (κ2) is 10.4. The van der Waals surface area contributed by atoms with E-state index in [1.54, 1.807) is 29.8 Å². The summed E-state index contributed by atoms with van der Waals surface area (Å²) in [7, 11) is 1.80. The Morgan fingerprint density at radius 3 is 2.53 bits per heavy atom. The van der Waals surface area contributed by atoms with Crippen molar-refractivity contribution >= 4 is 34.9 Å². The molecule has 3 aromatic rings. The van der Waals surface area contributed by atoms with Crippen molar-refractivity contribution in [3.05, 3.63) is 75.5 Å². The number of hydrogen-bond donors (Lipinski definition) is 3. The minimum Gasteiger partial charge on any atom is -0.397 e. The molecular formula is C25H29ClN4O2. The van der Waals surface area contributed by atoms with Gasteiger partial charge in [0.05, 0.1) is 17.1 Å². The Balaban J connectivity index is 0.00000141. The largest absolute Gasteiger partial charge is 0.397 e. The lowest BCUT2D eigenvalue weighted by Gasteiger charge is -2.26. The summed E-state index contributed by atoms with van der Waals surface area (Å²) < 4.78 is 7.35. The molecule has 1 unspecified atom stereocenters. The molecule has 0 saturated heterocycles. The van der Waals surface area contributed by atoms with E-state index >= 15 is 0 Å². The van der Waals surface area contributed by atoms with Gasteiger partial charge < -0.3 is 21.1 Å². The van der Waals surface area contributed by atoms with Crippen LogP contribution < -0.4 is 21.9 Å². The van der Waals surface area contributed by atoms with Crippen LogP contribution in [0.3, 0.4) is 0 Å². The Kier molecular flexibility index (Phi) is 7.62. The third kappa shape index (κ3) is 4.66. The number of ether oxygens (including phenoxy) is 1. The average Bonchev–Trinajstić information content (AvgIpc) is 2.81. The fourth-order valence-corrected chi connectivity index (χ4v) is 3.67. The molecule has 168 valence electrons. The van der Waals surface area contributed by atoms with Crippen LogP contribution in [0.5, 0.6) is 0 Å². The molecule has 0 radical (unpaired) electrons. The Bertz CT molecular complexity index is 1170. The third-order valence-electron chi connectivity index (χ3n) is 5.02. The van der Waals surface area contributed by atoms with Crippen LogP contribution >= 0.6 is 11.6 Å². The van der Waals surface area contributed by atoms with Gasteiger partial charge in [-0.1, -0.05) is 37.6 Å². The number of pyridine rings is 1. The second-order valence-corrected chi connectivity index (χ2v) is 7.35. The number of anilines is 3. The van der Waals surface area contributed by atoms with Crippen molar-refractivity contribution in [3.8, 4) is 16.8 Å². The molecular weight excluding hydrogens is 424 g/mol. The maximum Gasteiger partial charge on any atom is 0.264 e. The summed E-state index contributed by atoms with van der Waals surface area (Å²) >= 11 is 6.07. The van der Waals surface area contributed by atoms with Crippen molar-refractivity contribution < 1.29 is 4.74 Å². The van der Waals surface area contributed by atoms with Crippen LogP contribution in [-0.4, -0.2) is 24.4 Å². The fraction of sp³-hybridized carbons (Fsp3) is 0.240. The molecule has 6 nitrogen and oxygen atoms in total. The fourth-order valence-electron chi connectivity index (χ4n) is 3.55. The van der Waals surface area contributed by atoms with Gasteiger partial charge in [0.1, 0.15) is 12.0 Å². The number of nitrogens with zero attached hydrogens (tertiary/aromatic N) is 1. The zero-order valence-corrected chi connectivity index (χ0v) is 19.5. The highest BCUT2D eigenvalue weighted by atomic mass is 35.5. The quantitative estimate of drug-likeness (QED) is 0.438. The zero-order chi connectivity index (χ0) is 23.3. The van der Waals surface area contributed by atoms with E-state index in [0.717, 1.165) is 16.8 Å². The maximum atomic E-state index is 13.6. The molecule has 0 saturated carbocycles. The van der Waals surface area contributed by atoms with Gasteiger partial charge in [0.15, 0.2) is 0 Å². The Morgan fingerprint density at radius 2 is 1.88 bits per heavy atom. The topological polar surface area (TPSA) is 81.3 Å². The van der Waals surface area contributed by atoms with E-state index in [1.807, 2.05) is 63.3 Å². The molecule has 4 N–H and O–H groups in total. The highest BCUT2D eigenvalue weighted by molar-refractivity contribution is 6.30. The van der Waals surface area contributed by atoms with Crippen LogP contribution in [0.15, 0.2) is 59.4 Å². The van der Waals surface area contributed by atoms with Crippen LogP contribution in [0.25, 0.3) is 22.9 Å². The highest BCUT2D eigenvalue weighted by Gasteiger charge is 2.21. The Labute approximate surface area is 193 Å². The minimum absolute atomic E-state index is 0.152. The predicted octanol–water partition coefficient (Wildman–Crippen LogP) is 5.61. The van der Waals surface area contributed by atoms with Crippen molar-refractivity contribution in [2.75, 3.05) is 30.0 Å². The normalized spacial score (nSPS) is 14.1. The van der Waals surface area contributed by atoms with Gasteiger partial charge in [-0.3, -0.25) is 9.36 Å². The number of nitrogens with one attached hydrogen (secondary N) is 2. The smallest absolute Gasteiger partial charge is 0.264 e. The van der Waals surface area contributed by atoms with Crippen LogP contribution in [0.2, 0.25) is 5.02 Å². The molecule has 4 rings (SSSR count). The zero-order valence-electron chi connectivity index (χ0n) is 18.8. The van der Waals surface area contributed by atoms with Crippen LogP contribution in [0, 0.1) is 0 Å². The number of rotatable bonds is 5. The summed E-state index contributed by atoms with van der Waals surface area (Å²) in [5.41, 5.74) is 10.2. The van der Waals surface area contributed by atoms with Gasteiger partial charge in [0.25, 0.3) is 5.56 Å². The molecule has 2 heterocycles. The molecule has 1 aromatic heterocycles. The Morgan fingerprint density at radius 1 is 1.16 bits per heavy atom. The van der Waals surface area contributed by atoms with Gasteiger partial charge in [-0.05, 0) is 61.0 Å². The van der Waals surface area contributed by atoms with E-state index in [1.165, 1.54) is 0 Å². The summed E-state index contributed by atoms with van der Waals surface area (Å²) in [5, 5.41) is 6.99. The lowest BCUT2D eigenvalue weighted by molar-refractivity contribution is 0.115. The molecule has 2 aromatic carbocycles. The van der Waals surface area contributed by atoms with Crippen molar-refractivity contribution in [1.82, 2.24) is 4.57 Å². The van der Waals surface area contributed by atoms with Gasteiger partial charge in [-0.25, -0.2) is 0 Å². The number of aromatic nitrogens is 1. The number of nitrogens with two attached hydrogens (primary N) is 1. The van der Waals surface area contributed by atoms with Gasteiger partial charge in [-0.2, -0.15) is 0 Å². The van der Waals surface area contributed by atoms with E-state index in [9.17, 15) is 4.79 Å². The van der Waals surface area contributed by atoms with Crippen LogP contribution in [-0.2, 0) is 4.74 Å². The molecule has 0 bridgehead atoms. The van der Waals surface area contributed by atoms with E-state index in [2.05, 4.69) is 10.6 Å². The first-order valence-electron chi connectivity index (χ1n) is 10.7. The van der Waals surface area contributed by atoms with E-state index in [4.69, 9.17) is 22.1 Å². The summed E-state index contributed by atoms with van der Waals surface area (Å²) in [6.07, 6.45) is 3.60. The molecule has 1 aliphatic heterocycles. The predicted molar refractivity (Wildman–Crippen MR) is 136 cm³/mol. The van der Waals surface area contributed by atoms with Gasteiger partial charge in [-0.15, -0.1) is 0 Å². The molecule has 0 spiro atoms. The second-order valence-electron chi connectivity index (χ2n) is 6.91. The summed E-state index contributed by atoms with van der Waals surface area (Å²) in [4.78, 5) is 13.6. The monoisotopic (exact) mass is 452 g/mol. The molecule has 0 aliphatic carbocycles. The molecule has 32 heavy (non-hydrogen) atoms. The van der Waals surface area contributed by atoms with E-state index in [0.29, 0.717) is 34.4 Å². The number of nitrogen functional groups attached to an aromatic ring is 1. The average molecular weight is 453 g/mol. The lowest BCUT2D eigenvalue weighted by atomic mass is 10.0. The summed E-state index contributed by atoms with van der Waals surface area (Å²) in [6, 6.07) is 14.6. The molecule has 7 heteroatoms. The number of hydrogen-bond acceptors (Lipinski definition) is 5. The van der Waals surface area contributed by atoms with Gasteiger partial charge in [0, 0.05) is 29.8 Å². The van der Waals surface area contributed by atoms with Crippen LogP contribution in [0.4, 0.5) is 17.2 Å². The van der Waals surface area contributed by atoms with Gasteiger partial charge >= 0.3 is 0 Å². The van der Waals surface area contributed by atoms with E-state index < -0.39 is 0 Å². The first kappa shape index (κ1) is 23.4. The minimum atomic E-state index is -0.307. The van der Waals surface area contributed by atoms with Crippen molar-refractivity contribution in [2.45, 2.75) is 27.0 Å². The number of fused-ring (bicyclic) bond motifs is 1. The van der Waals surface area contributed by atoms with Crippen molar-refractivity contribution in [1.29, 1.82) is 0 Å². The lowest BCUT2D eigenvalue weighted by Crippen LogP contribution is -2.31. The van der Waals surface area contributed by atoms with Crippen molar-refractivity contribution in [3.63, 3.8) is 0 Å². The SMILES string of the molecule is CC.CCOC1C=Cc2cc(-c3ccc(N)c(NC)c3)c(=O)n(-c3ccc(Cl)cc3)c2N1. The molecule has 0 amide bonds. The summed E-state index contributed by atoms with van der Waals surface area (Å²) in [6.45, 7) is 6.49. The van der Waals surface area contributed by atoms with Gasteiger partial charge in [0.2, 0.25) is 0 Å². The standard InChI is InChI=1S/C23H23ClN4O2.C2H6/c1-3-30-21-11-5-15-12-18(14-4-10-19(25)20(13-14)26-2)23(29)28(22(15)27-21)17-8-6-16(24)7-9-17;1-2/h4-13,21,26-27H,3,25H2,1-2H3;1-2H3. The van der Waals surface area contributed by atoms with Crippen LogP contribution in [0.1, 0.15) is 26.3 Å². The highest BCUT2D eigenvalue weighted by Crippen LogP contribution is 2.31. The maximum absolute atomic E-state index is 13.6. The molecule has 1 aliphatic rings. The first-order valence-corrected chi connectivity index (χ1v) is 11.1. The summed E-state index contributed by atoms with van der Waals surface area (Å²) in [5.74, 6) is 0.677. The number of halogens is 1. The van der Waals surface area contributed by atoms with Crippen molar-refractivity contribution in [2.24, 2.45) is 0 Å². The Hall–Kier alpha value is -3.22. The third-order valence-corrected chi connectivity index (χ3v) is 5.28.